The van der Waals surface area contributed by atoms with Gasteiger partial charge in [0.25, 0.3) is 5.91 Å². The molecule has 1 heterocycles. The van der Waals surface area contributed by atoms with Crippen molar-refractivity contribution in [3.8, 4) is 0 Å². The molecule has 2 aromatic carbocycles. The lowest BCUT2D eigenvalue weighted by atomic mass is 10.1. The Bertz CT molecular complexity index is 1050. The second-order valence-corrected chi connectivity index (χ2v) is 7.27. The molecular formula is C23H24N2O3. The zero-order valence-corrected chi connectivity index (χ0v) is 16.0. The highest BCUT2D eigenvalue weighted by Crippen LogP contribution is 2.32. The van der Waals surface area contributed by atoms with Crippen molar-refractivity contribution in [2.45, 2.75) is 45.1 Å². The van der Waals surface area contributed by atoms with Gasteiger partial charge in [0.15, 0.2) is 5.69 Å². The van der Waals surface area contributed by atoms with Gasteiger partial charge in [-0.1, -0.05) is 44.0 Å². The van der Waals surface area contributed by atoms with Crippen molar-refractivity contribution in [2.24, 2.45) is 0 Å². The quantitative estimate of drug-likeness (QED) is 0.617. The van der Waals surface area contributed by atoms with E-state index in [1.54, 1.807) is 18.2 Å². The third-order valence-corrected chi connectivity index (χ3v) is 5.38. The second-order valence-electron chi connectivity index (χ2n) is 7.27. The maximum atomic E-state index is 12.8. The van der Waals surface area contributed by atoms with Gasteiger partial charge in [-0.2, -0.15) is 0 Å². The first-order valence-corrected chi connectivity index (χ1v) is 9.88. The average molecular weight is 376 g/mol. The van der Waals surface area contributed by atoms with Gasteiger partial charge < -0.3 is 15.1 Å². The summed E-state index contributed by atoms with van der Waals surface area (Å²) >= 11 is 0. The fourth-order valence-corrected chi connectivity index (χ4v) is 3.77. The minimum Gasteiger partial charge on any atom is -0.421 e. The number of para-hydroxylation sites is 1. The van der Waals surface area contributed by atoms with Crippen LogP contribution in [0.5, 0.6) is 0 Å². The predicted octanol–water partition coefficient (Wildman–Crippen LogP) is 4.96. The summed E-state index contributed by atoms with van der Waals surface area (Å²) in [5, 5.41) is 7.08. The Morgan fingerprint density at radius 2 is 1.75 bits per heavy atom. The fourth-order valence-electron chi connectivity index (χ4n) is 3.77. The molecule has 28 heavy (non-hydrogen) atoms. The molecule has 2 N–H and O–H groups in total. The van der Waals surface area contributed by atoms with Gasteiger partial charge in [0, 0.05) is 17.0 Å². The van der Waals surface area contributed by atoms with Crippen LogP contribution in [0.2, 0.25) is 0 Å². The number of benzene rings is 2. The SMILES string of the molecule is CCc1ccc(C(=O)Nc2c(NC3CCCC3)c3ccccc3oc2=O)cc1. The van der Waals surface area contributed by atoms with Crippen LogP contribution in [0.25, 0.3) is 11.0 Å². The van der Waals surface area contributed by atoms with Crippen molar-refractivity contribution < 1.29 is 9.21 Å². The molecule has 1 aliphatic carbocycles. The molecule has 0 radical (unpaired) electrons. The molecule has 3 aromatic rings. The largest absolute Gasteiger partial charge is 0.421 e. The summed E-state index contributed by atoms with van der Waals surface area (Å²) in [5.74, 6) is -0.320. The molecule has 1 aromatic heterocycles. The molecule has 0 unspecified atom stereocenters. The molecule has 1 saturated carbocycles. The Hall–Kier alpha value is -3.08. The van der Waals surface area contributed by atoms with Gasteiger partial charge in [-0.15, -0.1) is 0 Å². The van der Waals surface area contributed by atoms with E-state index in [0.29, 0.717) is 22.9 Å². The Labute approximate surface area is 163 Å². The Kier molecular flexibility index (Phi) is 5.15. The van der Waals surface area contributed by atoms with Gasteiger partial charge in [-0.05, 0) is 49.1 Å². The number of anilines is 2. The predicted molar refractivity (Wildman–Crippen MR) is 112 cm³/mol. The molecule has 4 rings (SSSR count). The molecule has 0 saturated heterocycles. The first-order valence-electron chi connectivity index (χ1n) is 9.88. The van der Waals surface area contributed by atoms with Crippen LogP contribution in [-0.2, 0) is 6.42 Å². The van der Waals surface area contributed by atoms with E-state index in [0.717, 1.165) is 30.2 Å². The third-order valence-electron chi connectivity index (χ3n) is 5.38. The molecule has 144 valence electrons. The van der Waals surface area contributed by atoms with E-state index < -0.39 is 5.63 Å². The molecular weight excluding hydrogens is 352 g/mol. The van der Waals surface area contributed by atoms with Crippen LogP contribution in [0.1, 0.15) is 48.5 Å². The van der Waals surface area contributed by atoms with E-state index in [1.165, 1.54) is 12.8 Å². The summed E-state index contributed by atoms with van der Waals surface area (Å²) in [4.78, 5) is 25.4. The van der Waals surface area contributed by atoms with Crippen molar-refractivity contribution in [3.05, 3.63) is 70.1 Å². The summed E-state index contributed by atoms with van der Waals surface area (Å²) in [6.07, 6.45) is 5.36. The number of fused-ring (bicyclic) bond motifs is 1. The monoisotopic (exact) mass is 376 g/mol. The summed E-state index contributed by atoms with van der Waals surface area (Å²) in [6, 6.07) is 15.1. The van der Waals surface area contributed by atoms with E-state index >= 15 is 0 Å². The van der Waals surface area contributed by atoms with Gasteiger partial charge >= 0.3 is 5.63 Å². The van der Waals surface area contributed by atoms with Crippen LogP contribution in [-0.4, -0.2) is 11.9 Å². The molecule has 5 heteroatoms. The number of hydrogen-bond donors (Lipinski definition) is 2. The standard InChI is InChI=1S/C23H24N2O3/c1-2-15-11-13-16(14-12-15)22(26)25-21-20(24-17-7-3-4-8-17)18-9-5-6-10-19(18)28-23(21)27/h5-6,9-14,17,24H,2-4,7-8H2,1H3,(H,25,26). The summed E-state index contributed by atoms with van der Waals surface area (Å²) in [5.41, 5.74) is 2.46. The van der Waals surface area contributed by atoms with Crippen molar-refractivity contribution in [2.75, 3.05) is 10.6 Å². The topological polar surface area (TPSA) is 71.3 Å². The first kappa shape index (κ1) is 18.3. The number of hydrogen-bond acceptors (Lipinski definition) is 4. The van der Waals surface area contributed by atoms with Crippen molar-refractivity contribution in [1.82, 2.24) is 0 Å². The fraction of sp³-hybridized carbons (Fsp3) is 0.304. The number of aryl methyl sites for hydroxylation is 1. The van der Waals surface area contributed by atoms with E-state index in [4.69, 9.17) is 4.42 Å². The number of carbonyl (C=O) groups excluding carboxylic acids is 1. The van der Waals surface area contributed by atoms with Crippen LogP contribution in [0, 0.1) is 0 Å². The lowest BCUT2D eigenvalue weighted by Gasteiger charge is -2.18. The summed E-state index contributed by atoms with van der Waals surface area (Å²) in [6.45, 7) is 2.07. The van der Waals surface area contributed by atoms with Gasteiger partial charge in [0.05, 0.1) is 5.69 Å². The number of rotatable bonds is 5. The van der Waals surface area contributed by atoms with Crippen molar-refractivity contribution in [1.29, 1.82) is 0 Å². The molecule has 1 amide bonds. The van der Waals surface area contributed by atoms with E-state index in [1.807, 2.05) is 30.3 Å². The Morgan fingerprint density at radius 3 is 2.46 bits per heavy atom. The highest BCUT2D eigenvalue weighted by atomic mass is 16.4. The molecule has 0 spiro atoms. The minimum absolute atomic E-state index is 0.176. The van der Waals surface area contributed by atoms with Crippen LogP contribution >= 0.6 is 0 Å². The molecule has 1 aliphatic rings. The van der Waals surface area contributed by atoms with Crippen LogP contribution in [0.15, 0.2) is 57.7 Å². The van der Waals surface area contributed by atoms with Crippen LogP contribution < -0.4 is 16.3 Å². The lowest BCUT2D eigenvalue weighted by Crippen LogP contribution is -2.23. The summed E-state index contributed by atoms with van der Waals surface area (Å²) in [7, 11) is 0. The van der Waals surface area contributed by atoms with Crippen LogP contribution in [0.3, 0.4) is 0 Å². The Balaban J connectivity index is 1.72. The van der Waals surface area contributed by atoms with E-state index in [-0.39, 0.29) is 11.6 Å². The minimum atomic E-state index is -0.544. The number of amides is 1. The number of nitrogens with one attached hydrogen (secondary N) is 2. The van der Waals surface area contributed by atoms with E-state index in [2.05, 4.69) is 17.6 Å². The zero-order chi connectivity index (χ0) is 19.5. The molecule has 1 fully saturated rings. The normalized spacial score (nSPS) is 14.3. The van der Waals surface area contributed by atoms with Gasteiger partial charge in [-0.25, -0.2) is 4.79 Å². The zero-order valence-electron chi connectivity index (χ0n) is 16.0. The summed E-state index contributed by atoms with van der Waals surface area (Å²) < 4.78 is 5.46. The molecule has 0 aliphatic heterocycles. The molecule has 0 atom stereocenters. The van der Waals surface area contributed by atoms with E-state index in [9.17, 15) is 9.59 Å². The molecule has 0 bridgehead atoms. The maximum absolute atomic E-state index is 12.8. The average Bonchev–Trinajstić information content (AvgIpc) is 3.23. The highest BCUT2D eigenvalue weighted by molar-refractivity contribution is 6.08. The smallest absolute Gasteiger partial charge is 0.362 e. The van der Waals surface area contributed by atoms with Crippen molar-refractivity contribution >= 4 is 28.3 Å². The highest BCUT2D eigenvalue weighted by Gasteiger charge is 2.22. The Morgan fingerprint density at radius 1 is 1.04 bits per heavy atom. The third kappa shape index (κ3) is 3.65. The second kappa shape index (κ2) is 7.89. The molecule has 5 nitrogen and oxygen atoms in total. The van der Waals surface area contributed by atoms with Gasteiger partial charge in [0.1, 0.15) is 5.58 Å². The number of carbonyl (C=O) groups is 1. The van der Waals surface area contributed by atoms with Gasteiger partial charge in [-0.3, -0.25) is 4.79 Å². The lowest BCUT2D eigenvalue weighted by molar-refractivity contribution is 0.102. The maximum Gasteiger partial charge on any atom is 0.362 e. The van der Waals surface area contributed by atoms with Crippen molar-refractivity contribution in [3.63, 3.8) is 0 Å². The van der Waals surface area contributed by atoms with Gasteiger partial charge in [0.2, 0.25) is 0 Å². The van der Waals surface area contributed by atoms with Crippen LogP contribution in [0.4, 0.5) is 11.4 Å². The first-order chi connectivity index (χ1) is 13.7.